The Balaban J connectivity index is 1.50. The number of hydrogen-bond acceptors (Lipinski definition) is 5. The van der Waals surface area contributed by atoms with Gasteiger partial charge in [0.2, 0.25) is 11.0 Å². The van der Waals surface area contributed by atoms with Gasteiger partial charge < -0.3 is 10.1 Å². The average molecular weight is 303 g/mol. The summed E-state index contributed by atoms with van der Waals surface area (Å²) in [7, 11) is 0. The predicted octanol–water partition coefficient (Wildman–Crippen LogP) is 2.96. The molecule has 1 fully saturated rings. The lowest BCUT2D eigenvalue weighted by atomic mass is 10.1. The maximum atomic E-state index is 11.9. The molecule has 5 nitrogen and oxygen atoms in total. The van der Waals surface area contributed by atoms with E-state index in [1.54, 1.807) is 0 Å². The van der Waals surface area contributed by atoms with Gasteiger partial charge in [0.05, 0.1) is 0 Å². The highest BCUT2D eigenvalue weighted by atomic mass is 32.1. The first-order valence-corrected chi connectivity index (χ1v) is 7.92. The molecule has 1 atom stereocenters. The Bertz CT molecular complexity index is 594. The minimum absolute atomic E-state index is 0.0334. The SMILES string of the molecule is O=C(CCc1ccccc1)Nc1nnc(C2CCCO2)s1. The van der Waals surface area contributed by atoms with E-state index in [1.165, 1.54) is 11.3 Å². The maximum Gasteiger partial charge on any atom is 0.226 e. The van der Waals surface area contributed by atoms with Gasteiger partial charge in [-0.25, -0.2) is 0 Å². The zero-order valence-electron chi connectivity index (χ0n) is 11.6. The van der Waals surface area contributed by atoms with Crippen LogP contribution in [0.1, 0.15) is 35.9 Å². The first-order chi connectivity index (χ1) is 10.3. The molecule has 2 aromatic rings. The van der Waals surface area contributed by atoms with Crippen molar-refractivity contribution in [2.24, 2.45) is 0 Å². The van der Waals surface area contributed by atoms with E-state index in [9.17, 15) is 4.79 Å². The number of nitrogens with zero attached hydrogens (tertiary/aromatic N) is 2. The Kier molecular flexibility index (Phi) is 4.57. The number of carbonyl (C=O) groups excluding carboxylic acids is 1. The monoisotopic (exact) mass is 303 g/mol. The predicted molar refractivity (Wildman–Crippen MR) is 81.2 cm³/mol. The number of aryl methyl sites for hydroxylation is 1. The number of hydrogen-bond donors (Lipinski definition) is 1. The molecule has 1 aliphatic heterocycles. The molecule has 2 heterocycles. The summed E-state index contributed by atoms with van der Waals surface area (Å²) >= 11 is 1.40. The van der Waals surface area contributed by atoms with Gasteiger partial charge in [-0.1, -0.05) is 41.7 Å². The van der Waals surface area contributed by atoms with Crippen molar-refractivity contribution < 1.29 is 9.53 Å². The lowest BCUT2D eigenvalue weighted by Gasteiger charge is -2.03. The minimum Gasteiger partial charge on any atom is -0.371 e. The van der Waals surface area contributed by atoms with Crippen LogP contribution in [0.3, 0.4) is 0 Å². The van der Waals surface area contributed by atoms with Gasteiger partial charge >= 0.3 is 0 Å². The van der Waals surface area contributed by atoms with Crippen LogP contribution in [0.4, 0.5) is 5.13 Å². The third-order valence-electron chi connectivity index (χ3n) is 3.38. The molecule has 110 valence electrons. The molecule has 1 aromatic carbocycles. The van der Waals surface area contributed by atoms with Crippen LogP contribution in [0.25, 0.3) is 0 Å². The second-order valence-corrected chi connectivity index (χ2v) is 5.99. The highest BCUT2D eigenvalue weighted by Crippen LogP contribution is 2.31. The minimum atomic E-state index is -0.0334. The highest BCUT2D eigenvalue weighted by molar-refractivity contribution is 7.15. The fourth-order valence-corrected chi connectivity index (χ4v) is 3.12. The Morgan fingerprint density at radius 2 is 2.19 bits per heavy atom. The summed E-state index contributed by atoms with van der Waals surface area (Å²) in [4.78, 5) is 11.9. The summed E-state index contributed by atoms with van der Waals surface area (Å²) < 4.78 is 5.56. The first-order valence-electron chi connectivity index (χ1n) is 7.10. The van der Waals surface area contributed by atoms with Crippen molar-refractivity contribution in [3.05, 3.63) is 40.9 Å². The van der Waals surface area contributed by atoms with Crippen molar-refractivity contribution in [2.75, 3.05) is 11.9 Å². The van der Waals surface area contributed by atoms with Crippen LogP contribution in [0, 0.1) is 0 Å². The number of rotatable bonds is 5. The molecule has 21 heavy (non-hydrogen) atoms. The summed E-state index contributed by atoms with van der Waals surface area (Å²) in [5.74, 6) is -0.0334. The number of ether oxygens (including phenoxy) is 1. The van der Waals surface area contributed by atoms with E-state index < -0.39 is 0 Å². The zero-order chi connectivity index (χ0) is 14.5. The van der Waals surface area contributed by atoms with Gasteiger partial charge in [-0.05, 0) is 24.8 Å². The molecule has 3 rings (SSSR count). The van der Waals surface area contributed by atoms with Crippen molar-refractivity contribution in [1.29, 1.82) is 0 Å². The Hall–Kier alpha value is -1.79. The topological polar surface area (TPSA) is 64.1 Å². The molecule has 0 spiro atoms. The van der Waals surface area contributed by atoms with E-state index in [-0.39, 0.29) is 12.0 Å². The molecule has 1 unspecified atom stereocenters. The summed E-state index contributed by atoms with van der Waals surface area (Å²) in [6.07, 6.45) is 3.26. The van der Waals surface area contributed by atoms with Crippen molar-refractivity contribution in [3.8, 4) is 0 Å². The zero-order valence-corrected chi connectivity index (χ0v) is 12.4. The smallest absolute Gasteiger partial charge is 0.226 e. The third kappa shape index (κ3) is 3.86. The van der Waals surface area contributed by atoms with Crippen LogP contribution < -0.4 is 5.32 Å². The molecule has 1 aromatic heterocycles. The molecule has 1 saturated heterocycles. The van der Waals surface area contributed by atoms with E-state index in [1.807, 2.05) is 30.3 Å². The molecular weight excluding hydrogens is 286 g/mol. The molecule has 6 heteroatoms. The summed E-state index contributed by atoms with van der Waals surface area (Å²) in [6.45, 7) is 0.781. The second kappa shape index (κ2) is 6.78. The number of nitrogens with one attached hydrogen (secondary N) is 1. The molecule has 1 N–H and O–H groups in total. The lowest BCUT2D eigenvalue weighted by Crippen LogP contribution is -2.12. The van der Waals surface area contributed by atoms with Gasteiger partial charge in [-0.15, -0.1) is 10.2 Å². The van der Waals surface area contributed by atoms with E-state index >= 15 is 0 Å². The fraction of sp³-hybridized carbons (Fsp3) is 0.400. The number of amides is 1. The molecule has 1 aliphatic rings. The van der Waals surface area contributed by atoms with Crippen LogP contribution >= 0.6 is 11.3 Å². The molecule has 1 amide bonds. The molecule has 0 radical (unpaired) electrons. The van der Waals surface area contributed by atoms with E-state index in [0.29, 0.717) is 11.6 Å². The van der Waals surface area contributed by atoms with Crippen LogP contribution in [0.2, 0.25) is 0 Å². The van der Waals surface area contributed by atoms with Crippen LogP contribution in [-0.2, 0) is 16.0 Å². The van der Waals surface area contributed by atoms with Crippen molar-refractivity contribution in [3.63, 3.8) is 0 Å². The maximum absolute atomic E-state index is 11.9. The normalized spacial score (nSPS) is 17.8. The standard InChI is InChI=1S/C15H17N3O2S/c19-13(9-8-11-5-2-1-3-6-11)16-15-18-17-14(21-15)12-7-4-10-20-12/h1-3,5-6,12H,4,7-10H2,(H,16,18,19). The van der Waals surface area contributed by atoms with Gasteiger partial charge in [0.1, 0.15) is 11.1 Å². The van der Waals surface area contributed by atoms with Gasteiger partial charge in [0.25, 0.3) is 0 Å². The lowest BCUT2D eigenvalue weighted by molar-refractivity contribution is -0.116. The Morgan fingerprint density at radius 3 is 2.95 bits per heavy atom. The van der Waals surface area contributed by atoms with Gasteiger partial charge in [-0.3, -0.25) is 4.79 Å². The van der Waals surface area contributed by atoms with Crippen LogP contribution in [-0.4, -0.2) is 22.7 Å². The van der Waals surface area contributed by atoms with Gasteiger partial charge in [-0.2, -0.15) is 0 Å². The molecule has 0 bridgehead atoms. The van der Waals surface area contributed by atoms with Crippen LogP contribution in [0.5, 0.6) is 0 Å². The average Bonchev–Trinajstić information content (AvgIpc) is 3.17. The summed E-state index contributed by atoms with van der Waals surface area (Å²) in [5, 5.41) is 12.3. The number of benzene rings is 1. The Labute approximate surface area is 127 Å². The number of aromatic nitrogens is 2. The Morgan fingerprint density at radius 1 is 1.33 bits per heavy atom. The quantitative estimate of drug-likeness (QED) is 0.922. The molecule has 0 aliphatic carbocycles. The largest absolute Gasteiger partial charge is 0.371 e. The number of carbonyl (C=O) groups is 1. The van der Waals surface area contributed by atoms with Crippen molar-refractivity contribution in [2.45, 2.75) is 31.8 Å². The molecule has 0 saturated carbocycles. The van der Waals surface area contributed by atoms with Gasteiger partial charge in [0.15, 0.2) is 0 Å². The number of anilines is 1. The molecular formula is C15H17N3O2S. The highest BCUT2D eigenvalue weighted by Gasteiger charge is 2.22. The third-order valence-corrected chi connectivity index (χ3v) is 4.31. The van der Waals surface area contributed by atoms with E-state index in [0.717, 1.165) is 36.4 Å². The van der Waals surface area contributed by atoms with Crippen molar-refractivity contribution in [1.82, 2.24) is 10.2 Å². The van der Waals surface area contributed by atoms with Crippen LogP contribution in [0.15, 0.2) is 30.3 Å². The summed E-state index contributed by atoms with van der Waals surface area (Å²) in [5.41, 5.74) is 1.16. The van der Waals surface area contributed by atoms with Crippen molar-refractivity contribution >= 4 is 22.4 Å². The summed E-state index contributed by atoms with van der Waals surface area (Å²) in [6, 6.07) is 9.97. The second-order valence-electron chi connectivity index (χ2n) is 4.98. The van der Waals surface area contributed by atoms with Gasteiger partial charge in [0, 0.05) is 13.0 Å². The van der Waals surface area contributed by atoms with E-state index in [2.05, 4.69) is 15.5 Å². The fourth-order valence-electron chi connectivity index (χ4n) is 2.27. The van der Waals surface area contributed by atoms with E-state index in [4.69, 9.17) is 4.74 Å². The first kappa shape index (κ1) is 14.2.